The maximum Gasteiger partial charge on any atom is 0.255 e. The minimum Gasteiger partial charge on any atom is -0.379 e. The van der Waals surface area contributed by atoms with Gasteiger partial charge in [-0.25, -0.2) is 4.39 Å². The molecule has 0 radical (unpaired) electrons. The molecule has 24 heavy (non-hydrogen) atoms. The molecule has 3 rings (SSSR count). The van der Waals surface area contributed by atoms with Crippen LogP contribution in [0.25, 0.3) is 0 Å². The lowest BCUT2D eigenvalue weighted by Crippen LogP contribution is -2.44. The van der Waals surface area contributed by atoms with Crippen LogP contribution in [0, 0.1) is 11.7 Å². The molecule has 0 unspecified atom stereocenters. The number of halogens is 3. The van der Waals surface area contributed by atoms with E-state index >= 15 is 0 Å². The van der Waals surface area contributed by atoms with Crippen LogP contribution in [-0.4, -0.2) is 61.6 Å². The minimum absolute atomic E-state index is 0.0687. The van der Waals surface area contributed by atoms with E-state index in [0.717, 1.165) is 51.8 Å². The third-order valence-electron chi connectivity index (χ3n) is 4.76. The summed E-state index contributed by atoms with van der Waals surface area (Å²) in [5, 5.41) is 0.127. The van der Waals surface area contributed by atoms with Gasteiger partial charge in [0.25, 0.3) is 5.91 Å². The number of likely N-dealkylation sites (tertiary alicyclic amines) is 1. The van der Waals surface area contributed by atoms with Crippen LogP contribution in [0.2, 0.25) is 10.0 Å². The van der Waals surface area contributed by atoms with Gasteiger partial charge in [0.1, 0.15) is 5.82 Å². The number of amides is 1. The van der Waals surface area contributed by atoms with Gasteiger partial charge in [0.2, 0.25) is 0 Å². The summed E-state index contributed by atoms with van der Waals surface area (Å²) in [4.78, 5) is 16.8. The molecule has 0 bridgehead atoms. The van der Waals surface area contributed by atoms with Crippen molar-refractivity contribution in [3.05, 3.63) is 33.6 Å². The molecule has 0 aromatic heterocycles. The second-order valence-corrected chi connectivity index (χ2v) is 7.21. The Kier molecular flexibility index (Phi) is 5.98. The van der Waals surface area contributed by atoms with E-state index < -0.39 is 5.82 Å². The van der Waals surface area contributed by atoms with Gasteiger partial charge in [-0.1, -0.05) is 23.2 Å². The van der Waals surface area contributed by atoms with Crippen LogP contribution in [-0.2, 0) is 4.74 Å². The molecule has 2 aliphatic heterocycles. The Morgan fingerprint density at radius 3 is 2.46 bits per heavy atom. The van der Waals surface area contributed by atoms with Crippen LogP contribution in [0.1, 0.15) is 23.2 Å². The first-order valence-electron chi connectivity index (χ1n) is 8.28. The molecule has 0 N–H and O–H groups in total. The zero-order chi connectivity index (χ0) is 17.1. The third kappa shape index (κ3) is 4.20. The van der Waals surface area contributed by atoms with Crippen molar-refractivity contribution in [3.8, 4) is 0 Å². The van der Waals surface area contributed by atoms with E-state index in [0.29, 0.717) is 19.0 Å². The second-order valence-electron chi connectivity index (χ2n) is 6.39. The van der Waals surface area contributed by atoms with Gasteiger partial charge in [0.05, 0.1) is 28.8 Å². The van der Waals surface area contributed by atoms with Gasteiger partial charge in [0.15, 0.2) is 0 Å². The highest BCUT2D eigenvalue weighted by Crippen LogP contribution is 2.27. The number of benzene rings is 1. The van der Waals surface area contributed by atoms with Crippen LogP contribution in [0.5, 0.6) is 0 Å². The highest BCUT2D eigenvalue weighted by Gasteiger charge is 2.27. The van der Waals surface area contributed by atoms with Crippen molar-refractivity contribution in [2.75, 3.05) is 45.9 Å². The van der Waals surface area contributed by atoms with Crippen LogP contribution in [0.15, 0.2) is 12.1 Å². The fourth-order valence-corrected chi connectivity index (χ4v) is 3.79. The lowest BCUT2D eigenvalue weighted by Gasteiger charge is -2.36. The highest BCUT2D eigenvalue weighted by atomic mass is 35.5. The van der Waals surface area contributed by atoms with E-state index in [1.54, 1.807) is 4.90 Å². The summed E-state index contributed by atoms with van der Waals surface area (Å²) in [6.07, 6.45) is 1.91. The minimum atomic E-state index is -0.619. The molecule has 0 saturated carbocycles. The molecule has 1 amide bonds. The van der Waals surface area contributed by atoms with Gasteiger partial charge < -0.3 is 9.64 Å². The summed E-state index contributed by atoms with van der Waals surface area (Å²) < 4.78 is 19.0. The van der Waals surface area contributed by atoms with Crippen molar-refractivity contribution in [2.24, 2.45) is 5.92 Å². The monoisotopic (exact) mass is 374 g/mol. The lowest BCUT2D eigenvalue weighted by molar-refractivity contribution is 0.0243. The Morgan fingerprint density at radius 1 is 1.12 bits per heavy atom. The number of hydrogen-bond donors (Lipinski definition) is 0. The van der Waals surface area contributed by atoms with Gasteiger partial charge in [-0.3, -0.25) is 9.69 Å². The maximum atomic E-state index is 13.6. The van der Waals surface area contributed by atoms with Crippen molar-refractivity contribution in [3.63, 3.8) is 0 Å². The van der Waals surface area contributed by atoms with Crippen molar-refractivity contribution in [1.82, 2.24) is 9.80 Å². The molecule has 132 valence electrons. The summed E-state index contributed by atoms with van der Waals surface area (Å²) in [6, 6.07) is 2.42. The molecule has 4 nitrogen and oxygen atoms in total. The molecule has 1 aromatic carbocycles. The Bertz CT molecular complexity index is 600. The zero-order valence-corrected chi connectivity index (χ0v) is 15.0. The summed E-state index contributed by atoms with van der Waals surface area (Å²) >= 11 is 11.7. The van der Waals surface area contributed by atoms with Gasteiger partial charge in [0, 0.05) is 32.7 Å². The SMILES string of the molecule is O=C(c1cc(F)c(Cl)cc1Cl)N1CCC(CN2CCOCC2)CC1. The van der Waals surface area contributed by atoms with Gasteiger partial charge in [-0.2, -0.15) is 0 Å². The quantitative estimate of drug-likeness (QED) is 0.760. The first-order valence-corrected chi connectivity index (χ1v) is 9.04. The Labute approximate surface area is 151 Å². The second kappa shape index (κ2) is 8.00. The number of hydrogen-bond acceptors (Lipinski definition) is 3. The summed E-state index contributed by atoms with van der Waals surface area (Å²) in [5.41, 5.74) is 0.185. The number of morpholine rings is 1. The van der Waals surface area contributed by atoms with Gasteiger partial charge >= 0.3 is 0 Å². The van der Waals surface area contributed by atoms with E-state index in [4.69, 9.17) is 27.9 Å². The smallest absolute Gasteiger partial charge is 0.255 e. The Hall–Kier alpha value is -0.880. The predicted octanol–water partition coefficient (Wildman–Crippen LogP) is 3.32. The topological polar surface area (TPSA) is 32.8 Å². The predicted molar refractivity (Wildman–Crippen MR) is 92.3 cm³/mol. The molecular formula is C17H21Cl2FN2O2. The Balaban J connectivity index is 1.56. The van der Waals surface area contributed by atoms with E-state index in [2.05, 4.69) is 4.90 Å². The molecule has 2 fully saturated rings. The molecule has 7 heteroatoms. The number of carbonyl (C=O) groups excluding carboxylic acids is 1. The zero-order valence-electron chi connectivity index (χ0n) is 13.4. The average Bonchev–Trinajstić information content (AvgIpc) is 2.59. The standard InChI is InChI=1S/C17H21Cl2FN2O2/c18-14-10-15(19)16(20)9-13(14)17(23)22-3-1-12(2-4-22)11-21-5-7-24-8-6-21/h9-10,12H,1-8,11H2. The number of carbonyl (C=O) groups is 1. The highest BCUT2D eigenvalue weighted by molar-refractivity contribution is 6.36. The van der Waals surface area contributed by atoms with Crippen molar-refractivity contribution in [1.29, 1.82) is 0 Å². The van der Waals surface area contributed by atoms with Gasteiger partial charge in [-0.15, -0.1) is 0 Å². The van der Waals surface area contributed by atoms with Crippen LogP contribution >= 0.6 is 23.2 Å². The normalized spacial score (nSPS) is 20.4. The van der Waals surface area contributed by atoms with Crippen LogP contribution in [0.3, 0.4) is 0 Å². The van der Waals surface area contributed by atoms with Crippen molar-refractivity contribution >= 4 is 29.1 Å². The first kappa shape index (κ1) is 17.9. The van der Waals surface area contributed by atoms with Crippen LogP contribution < -0.4 is 0 Å². The average molecular weight is 375 g/mol. The third-order valence-corrected chi connectivity index (χ3v) is 5.36. The molecule has 0 spiro atoms. The Morgan fingerprint density at radius 2 is 1.79 bits per heavy atom. The van der Waals surface area contributed by atoms with E-state index in [1.807, 2.05) is 0 Å². The summed E-state index contributed by atoms with van der Waals surface area (Å²) in [6.45, 7) is 5.98. The lowest BCUT2D eigenvalue weighted by atomic mass is 9.95. The number of piperidine rings is 1. The largest absolute Gasteiger partial charge is 0.379 e. The number of rotatable bonds is 3. The van der Waals surface area contributed by atoms with E-state index in [-0.39, 0.29) is 21.5 Å². The molecular weight excluding hydrogens is 354 g/mol. The van der Waals surface area contributed by atoms with Crippen LogP contribution in [0.4, 0.5) is 4.39 Å². The van der Waals surface area contributed by atoms with E-state index in [1.165, 1.54) is 6.07 Å². The molecule has 2 heterocycles. The van der Waals surface area contributed by atoms with E-state index in [9.17, 15) is 9.18 Å². The maximum absolute atomic E-state index is 13.6. The molecule has 2 aliphatic rings. The molecule has 0 atom stereocenters. The fraction of sp³-hybridized carbons (Fsp3) is 0.588. The van der Waals surface area contributed by atoms with Crippen molar-refractivity contribution < 1.29 is 13.9 Å². The van der Waals surface area contributed by atoms with Crippen molar-refractivity contribution in [2.45, 2.75) is 12.8 Å². The summed E-state index contributed by atoms with van der Waals surface area (Å²) in [7, 11) is 0. The molecule has 1 aromatic rings. The fourth-order valence-electron chi connectivity index (χ4n) is 3.32. The molecule has 0 aliphatic carbocycles. The summed E-state index contributed by atoms with van der Waals surface area (Å²) in [5.74, 6) is -0.253. The number of ether oxygens (including phenoxy) is 1. The molecule has 2 saturated heterocycles. The number of nitrogens with zero attached hydrogens (tertiary/aromatic N) is 2. The first-order chi connectivity index (χ1) is 11.5. The van der Waals surface area contributed by atoms with Gasteiger partial charge in [-0.05, 0) is 30.9 Å².